The van der Waals surface area contributed by atoms with Gasteiger partial charge in [-0.2, -0.15) is 0 Å². The fourth-order valence-corrected chi connectivity index (χ4v) is 4.22. The van der Waals surface area contributed by atoms with E-state index in [2.05, 4.69) is 4.98 Å². The standard InChI is InChI=1S/C12H15N3OS3/c1-8-11(19-12(13)14-8)18-7-10(16)15(2)6-9-4-3-5-17-9/h3-5H,6-7H2,1-2H3,(H2,13,14). The van der Waals surface area contributed by atoms with Crippen molar-refractivity contribution in [1.82, 2.24) is 9.88 Å². The van der Waals surface area contributed by atoms with Crippen molar-refractivity contribution in [3.63, 3.8) is 0 Å². The predicted molar refractivity (Wildman–Crippen MR) is 82.8 cm³/mol. The van der Waals surface area contributed by atoms with Gasteiger partial charge in [0.15, 0.2) is 5.13 Å². The molecule has 19 heavy (non-hydrogen) atoms. The van der Waals surface area contributed by atoms with E-state index in [1.54, 1.807) is 16.2 Å². The summed E-state index contributed by atoms with van der Waals surface area (Å²) in [5, 5.41) is 2.57. The number of nitrogens with zero attached hydrogens (tertiary/aromatic N) is 2. The molecular weight excluding hydrogens is 298 g/mol. The zero-order valence-electron chi connectivity index (χ0n) is 10.8. The summed E-state index contributed by atoms with van der Waals surface area (Å²) in [4.78, 5) is 19.1. The monoisotopic (exact) mass is 313 g/mol. The highest BCUT2D eigenvalue weighted by molar-refractivity contribution is 8.01. The van der Waals surface area contributed by atoms with Gasteiger partial charge in [0.05, 0.1) is 22.2 Å². The van der Waals surface area contributed by atoms with Crippen LogP contribution in [0.5, 0.6) is 0 Å². The van der Waals surface area contributed by atoms with Crippen LogP contribution in [-0.4, -0.2) is 28.6 Å². The Labute approximate surface area is 124 Å². The first-order valence-corrected chi connectivity index (χ1v) is 8.36. The van der Waals surface area contributed by atoms with Gasteiger partial charge in [0.2, 0.25) is 5.91 Å². The fraction of sp³-hybridized carbons (Fsp3) is 0.333. The van der Waals surface area contributed by atoms with E-state index in [-0.39, 0.29) is 5.91 Å². The average molecular weight is 313 g/mol. The minimum Gasteiger partial charge on any atom is -0.375 e. The minimum atomic E-state index is 0.116. The molecule has 0 spiro atoms. The molecule has 0 atom stereocenters. The van der Waals surface area contributed by atoms with Crippen molar-refractivity contribution in [2.24, 2.45) is 0 Å². The summed E-state index contributed by atoms with van der Waals surface area (Å²) in [6.07, 6.45) is 0. The average Bonchev–Trinajstić information content (AvgIpc) is 2.96. The Kier molecular flexibility index (Phi) is 4.84. The lowest BCUT2D eigenvalue weighted by Crippen LogP contribution is -2.27. The van der Waals surface area contributed by atoms with Crippen molar-refractivity contribution in [3.05, 3.63) is 28.1 Å². The van der Waals surface area contributed by atoms with E-state index >= 15 is 0 Å². The number of rotatable bonds is 5. The molecule has 0 fully saturated rings. The van der Waals surface area contributed by atoms with Gasteiger partial charge in [-0.15, -0.1) is 23.1 Å². The summed E-state index contributed by atoms with van der Waals surface area (Å²) < 4.78 is 1.02. The van der Waals surface area contributed by atoms with Crippen molar-refractivity contribution < 1.29 is 4.79 Å². The number of amides is 1. The van der Waals surface area contributed by atoms with E-state index < -0.39 is 0 Å². The van der Waals surface area contributed by atoms with Crippen LogP contribution in [0.15, 0.2) is 21.7 Å². The number of nitrogen functional groups attached to an aromatic ring is 1. The second-order valence-corrected chi connectivity index (χ2v) is 7.35. The van der Waals surface area contributed by atoms with Gasteiger partial charge in [0.1, 0.15) is 0 Å². The molecule has 0 aliphatic carbocycles. The molecule has 2 N–H and O–H groups in total. The van der Waals surface area contributed by atoms with Crippen LogP contribution < -0.4 is 5.73 Å². The van der Waals surface area contributed by atoms with Gasteiger partial charge in [0, 0.05) is 11.9 Å². The van der Waals surface area contributed by atoms with Crippen molar-refractivity contribution in [2.45, 2.75) is 17.7 Å². The molecule has 0 aliphatic rings. The molecule has 2 heterocycles. The zero-order chi connectivity index (χ0) is 13.8. The Balaban J connectivity index is 1.85. The predicted octanol–water partition coefficient (Wildman–Crippen LogP) is 2.85. The quantitative estimate of drug-likeness (QED) is 0.862. The van der Waals surface area contributed by atoms with Gasteiger partial charge in [-0.25, -0.2) is 4.98 Å². The maximum absolute atomic E-state index is 12.0. The highest BCUT2D eigenvalue weighted by atomic mass is 32.2. The minimum absolute atomic E-state index is 0.116. The molecule has 2 rings (SSSR count). The van der Waals surface area contributed by atoms with E-state index in [4.69, 9.17) is 5.73 Å². The van der Waals surface area contributed by atoms with Gasteiger partial charge in [-0.1, -0.05) is 17.4 Å². The number of carbonyl (C=O) groups excluding carboxylic acids is 1. The lowest BCUT2D eigenvalue weighted by Gasteiger charge is -2.15. The fourth-order valence-electron chi connectivity index (χ4n) is 1.50. The summed E-state index contributed by atoms with van der Waals surface area (Å²) in [5.41, 5.74) is 6.54. The third-order valence-electron chi connectivity index (χ3n) is 2.50. The van der Waals surface area contributed by atoms with E-state index in [0.29, 0.717) is 17.4 Å². The number of hydrogen-bond donors (Lipinski definition) is 1. The van der Waals surface area contributed by atoms with Crippen LogP contribution in [0.4, 0.5) is 5.13 Å². The Morgan fingerprint density at radius 2 is 2.37 bits per heavy atom. The van der Waals surface area contributed by atoms with Gasteiger partial charge < -0.3 is 10.6 Å². The van der Waals surface area contributed by atoms with Gasteiger partial charge in [0.25, 0.3) is 0 Å². The molecule has 0 bridgehead atoms. The van der Waals surface area contributed by atoms with E-state index in [1.807, 2.05) is 31.5 Å². The highest BCUT2D eigenvalue weighted by Gasteiger charge is 2.13. The molecule has 2 aromatic rings. The van der Waals surface area contributed by atoms with Gasteiger partial charge in [-0.05, 0) is 18.4 Å². The normalized spacial score (nSPS) is 10.6. The number of hydrogen-bond acceptors (Lipinski definition) is 6. The Morgan fingerprint density at radius 3 is 2.95 bits per heavy atom. The first-order chi connectivity index (χ1) is 9.06. The first kappa shape index (κ1) is 14.4. The number of aryl methyl sites for hydroxylation is 1. The number of aromatic nitrogens is 1. The van der Waals surface area contributed by atoms with Crippen LogP contribution in [0, 0.1) is 6.92 Å². The molecule has 0 saturated heterocycles. The van der Waals surface area contributed by atoms with Crippen LogP contribution in [0.25, 0.3) is 0 Å². The first-order valence-electron chi connectivity index (χ1n) is 5.68. The molecule has 0 saturated carbocycles. The topological polar surface area (TPSA) is 59.2 Å². The number of thiophene rings is 1. The van der Waals surface area contributed by atoms with Crippen molar-refractivity contribution in [2.75, 3.05) is 18.5 Å². The summed E-state index contributed by atoms with van der Waals surface area (Å²) in [6, 6.07) is 4.03. The zero-order valence-corrected chi connectivity index (χ0v) is 13.2. The van der Waals surface area contributed by atoms with Crippen LogP contribution in [0.2, 0.25) is 0 Å². The Morgan fingerprint density at radius 1 is 1.58 bits per heavy atom. The van der Waals surface area contributed by atoms with Crippen molar-refractivity contribution in [3.8, 4) is 0 Å². The maximum atomic E-state index is 12.0. The summed E-state index contributed by atoms with van der Waals surface area (Å²) >= 11 is 4.60. The Bertz CT molecular complexity index is 551. The SMILES string of the molecule is Cc1nc(N)sc1SCC(=O)N(C)Cc1cccs1. The van der Waals surface area contributed by atoms with Gasteiger partial charge >= 0.3 is 0 Å². The molecular formula is C12H15N3OS3. The molecule has 0 radical (unpaired) electrons. The lowest BCUT2D eigenvalue weighted by atomic mass is 10.4. The van der Waals surface area contributed by atoms with E-state index in [0.717, 1.165) is 9.90 Å². The molecule has 0 aliphatic heterocycles. The third kappa shape index (κ3) is 3.95. The molecule has 0 aromatic carbocycles. The van der Waals surface area contributed by atoms with Crippen LogP contribution in [0.3, 0.4) is 0 Å². The number of thiazole rings is 1. The van der Waals surface area contributed by atoms with Crippen LogP contribution >= 0.6 is 34.4 Å². The number of nitrogens with two attached hydrogens (primary N) is 1. The Hall–Kier alpha value is -1.05. The second kappa shape index (κ2) is 6.40. The molecule has 102 valence electrons. The number of anilines is 1. The summed E-state index contributed by atoms with van der Waals surface area (Å²) in [7, 11) is 1.83. The highest BCUT2D eigenvalue weighted by Crippen LogP contribution is 2.30. The van der Waals surface area contributed by atoms with Gasteiger partial charge in [-0.3, -0.25) is 4.79 Å². The summed E-state index contributed by atoms with van der Waals surface area (Å²) in [5.74, 6) is 0.537. The maximum Gasteiger partial charge on any atom is 0.233 e. The number of thioether (sulfide) groups is 1. The smallest absolute Gasteiger partial charge is 0.233 e. The van der Waals surface area contributed by atoms with Crippen LogP contribution in [-0.2, 0) is 11.3 Å². The molecule has 1 amide bonds. The molecule has 4 nitrogen and oxygen atoms in total. The van der Waals surface area contributed by atoms with Crippen LogP contribution in [0.1, 0.15) is 10.6 Å². The molecule has 7 heteroatoms. The van der Waals surface area contributed by atoms with Crippen molar-refractivity contribution >= 4 is 45.5 Å². The summed E-state index contributed by atoms with van der Waals surface area (Å²) in [6.45, 7) is 2.58. The lowest BCUT2D eigenvalue weighted by molar-refractivity contribution is -0.127. The van der Waals surface area contributed by atoms with E-state index in [1.165, 1.54) is 28.0 Å². The van der Waals surface area contributed by atoms with Crippen molar-refractivity contribution in [1.29, 1.82) is 0 Å². The third-order valence-corrected chi connectivity index (χ3v) is 5.69. The van der Waals surface area contributed by atoms with E-state index in [9.17, 15) is 4.79 Å². The molecule has 0 unspecified atom stereocenters. The molecule has 2 aromatic heterocycles. The largest absolute Gasteiger partial charge is 0.375 e. The second-order valence-electron chi connectivity index (χ2n) is 4.04. The number of carbonyl (C=O) groups is 1.